The molecule has 3 rings (SSSR count). The fraction of sp³-hybridized carbons (Fsp3) is 0.364. The summed E-state index contributed by atoms with van der Waals surface area (Å²) < 4.78 is 16.7. The number of carbonyl (C=O) groups excluding carboxylic acids is 1. The van der Waals surface area contributed by atoms with Crippen LogP contribution in [0, 0.1) is 10.1 Å². The number of hydrogen-bond donors (Lipinski definition) is 1. The number of non-ortho nitro benzene ring substituents is 1. The van der Waals surface area contributed by atoms with Gasteiger partial charge in [-0.05, 0) is 36.2 Å². The summed E-state index contributed by atoms with van der Waals surface area (Å²) in [6.45, 7) is 5.45. The Hall–Kier alpha value is -3.50. The molecule has 1 N–H and O–H groups in total. The zero-order valence-corrected chi connectivity index (χ0v) is 17.9. The molecule has 1 amide bonds. The van der Waals surface area contributed by atoms with E-state index in [0.717, 1.165) is 18.7 Å². The zero-order chi connectivity index (χ0) is 22.8. The molecule has 170 valence electrons. The van der Waals surface area contributed by atoms with Crippen LogP contribution in [0.5, 0.6) is 11.5 Å². The second kappa shape index (κ2) is 11.8. The predicted octanol–water partition coefficient (Wildman–Crippen LogP) is 2.35. The SMILES string of the molecule is CCOc1cc(/C=N/NC(=O)CN2CCOCC2)ccc1OCc1cccc([N+](=O)[O-])c1. The first kappa shape index (κ1) is 23.2. The Morgan fingerprint density at radius 2 is 2.03 bits per heavy atom. The highest BCUT2D eigenvalue weighted by Crippen LogP contribution is 2.29. The maximum Gasteiger partial charge on any atom is 0.269 e. The summed E-state index contributed by atoms with van der Waals surface area (Å²) in [5, 5.41) is 14.9. The van der Waals surface area contributed by atoms with Crippen molar-refractivity contribution in [1.82, 2.24) is 10.3 Å². The predicted molar refractivity (Wildman–Crippen MR) is 118 cm³/mol. The van der Waals surface area contributed by atoms with Gasteiger partial charge in [-0.2, -0.15) is 5.10 Å². The van der Waals surface area contributed by atoms with Gasteiger partial charge in [0.2, 0.25) is 0 Å². The lowest BCUT2D eigenvalue weighted by Gasteiger charge is -2.25. The van der Waals surface area contributed by atoms with E-state index in [-0.39, 0.29) is 24.7 Å². The first-order valence-corrected chi connectivity index (χ1v) is 10.3. The van der Waals surface area contributed by atoms with Crippen molar-refractivity contribution in [1.29, 1.82) is 0 Å². The largest absolute Gasteiger partial charge is 0.490 e. The molecule has 0 spiro atoms. The third-order valence-corrected chi connectivity index (χ3v) is 4.66. The van der Waals surface area contributed by atoms with Gasteiger partial charge in [0.1, 0.15) is 6.61 Å². The summed E-state index contributed by atoms with van der Waals surface area (Å²) in [6, 6.07) is 11.6. The minimum atomic E-state index is -0.441. The normalized spacial score (nSPS) is 14.3. The quantitative estimate of drug-likeness (QED) is 0.341. The van der Waals surface area contributed by atoms with Gasteiger partial charge in [0.05, 0.1) is 37.5 Å². The molecule has 1 fully saturated rings. The third-order valence-electron chi connectivity index (χ3n) is 4.66. The Bertz CT molecular complexity index is 959. The molecule has 10 heteroatoms. The Morgan fingerprint density at radius 1 is 1.22 bits per heavy atom. The van der Waals surface area contributed by atoms with Crippen molar-refractivity contribution < 1.29 is 23.9 Å². The zero-order valence-electron chi connectivity index (χ0n) is 17.9. The van der Waals surface area contributed by atoms with Crippen LogP contribution in [0.15, 0.2) is 47.6 Å². The number of rotatable bonds is 10. The van der Waals surface area contributed by atoms with E-state index in [0.29, 0.717) is 36.9 Å². The van der Waals surface area contributed by atoms with Crippen LogP contribution in [-0.4, -0.2) is 61.4 Å². The number of carbonyl (C=O) groups is 1. The highest BCUT2D eigenvalue weighted by atomic mass is 16.6. The van der Waals surface area contributed by atoms with Crippen molar-refractivity contribution >= 4 is 17.8 Å². The van der Waals surface area contributed by atoms with Gasteiger partial charge >= 0.3 is 0 Å². The number of benzene rings is 2. The number of ether oxygens (including phenoxy) is 3. The summed E-state index contributed by atoms with van der Waals surface area (Å²) in [4.78, 5) is 24.5. The molecule has 0 atom stereocenters. The van der Waals surface area contributed by atoms with Gasteiger partial charge in [0.15, 0.2) is 11.5 Å². The van der Waals surface area contributed by atoms with Crippen molar-refractivity contribution in [3.05, 3.63) is 63.7 Å². The second-order valence-corrected chi connectivity index (χ2v) is 7.04. The Balaban J connectivity index is 1.58. The van der Waals surface area contributed by atoms with Gasteiger partial charge < -0.3 is 14.2 Å². The number of nitrogens with zero attached hydrogens (tertiary/aromatic N) is 3. The first-order chi connectivity index (χ1) is 15.5. The lowest BCUT2D eigenvalue weighted by atomic mass is 10.2. The van der Waals surface area contributed by atoms with E-state index >= 15 is 0 Å². The number of nitro benzene ring substituents is 1. The van der Waals surface area contributed by atoms with Gasteiger partial charge in [-0.3, -0.25) is 19.8 Å². The summed E-state index contributed by atoms with van der Waals surface area (Å²) in [7, 11) is 0. The van der Waals surface area contributed by atoms with Gasteiger partial charge in [-0.25, -0.2) is 5.43 Å². The minimum Gasteiger partial charge on any atom is -0.490 e. The maximum absolute atomic E-state index is 12.0. The fourth-order valence-corrected chi connectivity index (χ4v) is 3.09. The molecule has 0 bridgehead atoms. The molecule has 0 radical (unpaired) electrons. The highest BCUT2D eigenvalue weighted by molar-refractivity contribution is 5.83. The third kappa shape index (κ3) is 7.03. The first-order valence-electron chi connectivity index (χ1n) is 10.3. The van der Waals surface area contributed by atoms with Crippen LogP contribution in [0.1, 0.15) is 18.1 Å². The molecule has 32 heavy (non-hydrogen) atoms. The van der Waals surface area contributed by atoms with Gasteiger partial charge in [0, 0.05) is 25.2 Å². The average Bonchev–Trinajstić information content (AvgIpc) is 2.79. The Morgan fingerprint density at radius 3 is 2.78 bits per heavy atom. The molecule has 2 aromatic rings. The summed E-state index contributed by atoms with van der Waals surface area (Å²) >= 11 is 0. The van der Waals surface area contributed by atoms with Crippen molar-refractivity contribution in [3.63, 3.8) is 0 Å². The van der Waals surface area contributed by atoms with E-state index in [1.54, 1.807) is 30.3 Å². The van der Waals surface area contributed by atoms with Crippen molar-refractivity contribution in [2.75, 3.05) is 39.5 Å². The number of hydrogen-bond acceptors (Lipinski definition) is 8. The molecule has 1 saturated heterocycles. The molecule has 1 aliphatic heterocycles. The highest BCUT2D eigenvalue weighted by Gasteiger charge is 2.13. The van der Waals surface area contributed by atoms with E-state index in [9.17, 15) is 14.9 Å². The lowest BCUT2D eigenvalue weighted by molar-refractivity contribution is -0.384. The Kier molecular flexibility index (Phi) is 8.52. The minimum absolute atomic E-state index is 0.0124. The average molecular weight is 442 g/mol. The fourth-order valence-electron chi connectivity index (χ4n) is 3.09. The summed E-state index contributed by atoms with van der Waals surface area (Å²) in [5.41, 5.74) is 3.94. The number of hydrazone groups is 1. The molecule has 2 aromatic carbocycles. The molecule has 1 aliphatic rings. The monoisotopic (exact) mass is 442 g/mol. The molecule has 10 nitrogen and oxygen atoms in total. The van der Waals surface area contributed by atoms with Crippen molar-refractivity contribution in [2.24, 2.45) is 5.10 Å². The molecule has 0 aromatic heterocycles. The lowest BCUT2D eigenvalue weighted by Crippen LogP contribution is -2.42. The van der Waals surface area contributed by atoms with Crippen LogP contribution in [-0.2, 0) is 16.1 Å². The summed E-state index contributed by atoms with van der Waals surface area (Å²) in [5.74, 6) is 0.832. The van der Waals surface area contributed by atoms with E-state index in [1.165, 1.54) is 18.3 Å². The number of morpholine rings is 1. The Labute approximate surface area is 185 Å². The van der Waals surface area contributed by atoms with Crippen molar-refractivity contribution in [2.45, 2.75) is 13.5 Å². The van der Waals surface area contributed by atoms with Gasteiger partial charge in [-0.1, -0.05) is 12.1 Å². The number of amides is 1. The van der Waals surface area contributed by atoms with Crippen LogP contribution in [0.3, 0.4) is 0 Å². The standard InChI is InChI=1S/C22H26N4O6/c1-2-31-21-13-17(14-23-24-22(27)15-25-8-10-30-11-9-25)6-7-20(21)32-16-18-4-3-5-19(12-18)26(28)29/h3-7,12-14H,2,8-11,15-16H2,1H3,(H,24,27)/b23-14+. The van der Waals surface area contributed by atoms with Crippen molar-refractivity contribution in [3.8, 4) is 11.5 Å². The van der Waals surface area contributed by atoms with Crippen LogP contribution < -0.4 is 14.9 Å². The van der Waals surface area contributed by atoms with Crippen LogP contribution >= 0.6 is 0 Å². The second-order valence-electron chi connectivity index (χ2n) is 7.04. The summed E-state index contributed by atoms with van der Waals surface area (Å²) in [6.07, 6.45) is 1.53. The molecule has 0 unspecified atom stereocenters. The molecule has 0 saturated carbocycles. The molecule has 1 heterocycles. The van der Waals surface area contributed by atoms with Crippen LogP contribution in [0.2, 0.25) is 0 Å². The van der Waals surface area contributed by atoms with Gasteiger partial charge in [0.25, 0.3) is 11.6 Å². The van der Waals surface area contributed by atoms with E-state index in [1.807, 2.05) is 11.8 Å². The molecule has 0 aliphatic carbocycles. The smallest absolute Gasteiger partial charge is 0.269 e. The molecular weight excluding hydrogens is 416 g/mol. The maximum atomic E-state index is 12.0. The number of nitro groups is 1. The van der Waals surface area contributed by atoms with Gasteiger partial charge in [-0.15, -0.1) is 0 Å². The van der Waals surface area contributed by atoms with E-state index < -0.39 is 4.92 Å². The van der Waals surface area contributed by atoms with E-state index in [2.05, 4.69) is 10.5 Å². The van der Waals surface area contributed by atoms with Crippen LogP contribution in [0.25, 0.3) is 0 Å². The topological polar surface area (TPSA) is 116 Å². The molecular formula is C22H26N4O6. The van der Waals surface area contributed by atoms with E-state index in [4.69, 9.17) is 14.2 Å². The van der Waals surface area contributed by atoms with Crippen LogP contribution in [0.4, 0.5) is 5.69 Å². The number of nitrogens with one attached hydrogen (secondary N) is 1.